The van der Waals surface area contributed by atoms with E-state index in [1.807, 2.05) is 42.4 Å². The Morgan fingerprint density at radius 1 is 1.23 bits per heavy atom. The van der Waals surface area contributed by atoms with Gasteiger partial charge in [0.2, 0.25) is 11.8 Å². The molecule has 0 saturated carbocycles. The van der Waals surface area contributed by atoms with Gasteiger partial charge in [0, 0.05) is 37.8 Å². The second-order valence-corrected chi connectivity index (χ2v) is 7.33. The molecule has 3 heterocycles. The third kappa shape index (κ3) is 2.96. The Morgan fingerprint density at radius 3 is 2.77 bits per heavy atom. The second-order valence-electron chi connectivity index (χ2n) is 7.33. The average molecular weight is 355 g/mol. The van der Waals surface area contributed by atoms with Gasteiger partial charge in [-0.3, -0.25) is 19.2 Å². The van der Waals surface area contributed by atoms with Crippen LogP contribution in [0.15, 0.2) is 30.5 Å². The Kier molecular flexibility index (Phi) is 4.40. The summed E-state index contributed by atoms with van der Waals surface area (Å²) in [6.07, 6.45) is 4.25. The molecular formula is C19H25N5O2. The second kappa shape index (κ2) is 6.72. The van der Waals surface area contributed by atoms with E-state index < -0.39 is 5.54 Å². The number of amides is 2. The molecule has 26 heavy (non-hydrogen) atoms. The number of likely N-dealkylation sites (tertiary alicyclic amines) is 1. The van der Waals surface area contributed by atoms with E-state index in [0.717, 1.165) is 30.4 Å². The minimum atomic E-state index is -0.465. The Bertz CT molecular complexity index is 789. The number of fused-ring (bicyclic) bond motifs is 1. The van der Waals surface area contributed by atoms with Crippen LogP contribution < -0.4 is 5.32 Å². The van der Waals surface area contributed by atoms with Crippen LogP contribution in [0.1, 0.15) is 19.3 Å². The van der Waals surface area contributed by atoms with E-state index in [4.69, 9.17) is 0 Å². The number of rotatable bonds is 2. The van der Waals surface area contributed by atoms with Gasteiger partial charge in [-0.2, -0.15) is 5.10 Å². The van der Waals surface area contributed by atoms with E-state index in [1.165, 1.54) is 0 Å². The highest BCUT2D eigenvalue weighted by Crippen LogP contribution is 2.30. The summed E-state index contributed by atoms with van der Waals surface area (Å²) < 4.78 is 1.71. The molecular weight excluding hydrogens is 330 g/mol. The van der Waals surface area contributed by atoms with E-state index >= 15 is 0 Å². The third-order valence-corrected chi connectivity index (χ3v) is 5.81. The number of nitrogens with zero attached hydrogens (tertiary/aromatic N) is 4. The molecule has 1 aromatic carbocycles. The van der Waals surface area contributed by atoms with Crippen LogP contribution >= 0.6 is 0 Å². The molecule has 0 bridgehead atoms. The number of hydrogen-bond donors (Lipinski definition) is 1. The smallest absolute Gasteiger partial charge is 0.244 e. The summed E-state index contributed by atoms with van der Waals surface area (Å²) in [7, 11) is 2.03. The number of nitrogens with one attached hydrogen (secondary N) is 1. The maximum atomic E-state index is 12.7. The quantitative estimate of drug-likeness (QED) is 0.867. The summed E-state index contributed by atoms with van der Waals surface area (Å²) in [5, 5.41) is 8.54. The van der Waals surface area contributed by atoms with Gasteiger partial charge in [-0.1, -0.05) is 18.2 Å². The van der Waals surface area contributed by atoms with Gasteiger partial charge in [-0.15, -0.1) is 0 Å². The van der Waals surface area contributed by atoms with Gasteiger partial charge >= 0.3 is 0 Å². The van der Waals surface area contributed by atoms with Crippen LogP contribution in [0.5, 0.6) is 0 Å². The zero-order valence-corrected chi connectivity index (χ0v) is 15.1. The topological polar surface area (TPSA) is 70.5 Å². The molecule has 2 aromatic rings. The molecule has 0 radical (unpaired) electrons. The normalized spacial score (nSPS) is 21.0. The fraction of sp³-hybridized carbons (Fsp3) is 0.526. The first kappa shape index (κ1) is 17.0. The number of aromatic nitrogens is 2. The third-order valence-electron chi connectivity index (χ3n) is 5.81. The standard InChI is InChI=1S/C19H25N5O2/c1-22-10-4-9-20-18(26)19(22)7-11-23(12-8-19)17(25)14-24-13-15-5-2-3-6-16(15)21-24/h2-3,5-6,13H,4,7-12,14H2,1H3,(H,20,26). The van der Waals surface area contributed by atoms with Gasteiger partial charge in [0.05, 0.1) is 5.52 Å². The SMILES string of the molecule is CN1CCCNC(=O)C12CCN(C(=O)Cn1cc3ccccc3n1)CC2. The van der Waals surface area contributed by atoms with Gasteiger partial charge in [-0.25, -0.2) is 0 Å². The van der Waals surface area contributed by atoms with E-state index in [1.54, 1.807) is 4.68 Å². The average Bonchev–Trinajstić information content (AvgIpc) is 3.01. The van der Waals surface area contributed by atoms with Crippen molar-refractivity contribution < 1.29 is 9.59 Å². The first-order chi connectivity index (χ1) is 12.6. The number of likely N-dealkylation sites (N-methyl/N-ethyl adjacent to an activating group) is 1. The Morgan fingerprint density at radius 2 is 2.00 bits per heavy atom. The Balaban J connectivity index is 1.42. The monoisotopic (exact) mass is 355 g/mol. The fourth-order valence-electron chi connectivity index (χ4n) is 4.14. The lowest BCUT2D eigenvalue weighted by Gasteiger charge is -2.44. The molecule has 2 saturated heterocycles. The van der Waals surface area contributed by atoms with E-state index in [9.17, 15) is 9.59 Å². The number of benzene rings is 1. The van der Waals surface area contributed by atoms with Crippen molar-refractivity contribution in [1.82, 2.24) is 24.9 Å². The minimum Gasteiger partial charge on any atom is -0.354 e. The molecule has 7 heteroatoms. The van der Waals surface area contributed by atoms with Gasteiger partial charge in [0.1, 0.15) is 12.1 Å². The highest BCUT2D eigenvalue weighted by Gasteiger charge is 2.46. The molecule has 0 aliphatic carbocycles. The van der Waals surface area contributed by atoms with E-state index in [-0.39, 0.29) is 18.4 Å². The molecule has 1 N–H and O–H groups in total. The molecule has 2 amide bonds. The molecule has 7 nitrogen and oxygen atoms in total. The number of piperidine rings is 1. The van der Waals surface area contributed by atoms with Crippen molar-refractivity contribution in [2.75, 3.05) is 33.2 Å². The predicted octanol–water partition coefficient (Wildman–Crippen LogP) is 0.849. The number of carbonyl (C=O) groups excluding carboxylic acids is 2. The lowest BCUT2D eigenvalue weighted by Crippen LogP contribution is -2.61. The van der Waals surface area contributed by atoms with Crippen LogP contribution in [0.2, 0.25) is 0 Å². The molecule has 0 atom stereocenters. The Hall–Kier alpha value is -2.41. The number of hydrogen-bond acceptors (Lipinski definition) is 4. The van der Waals surface area contributed by atoms with Crippen LogP contribution in [0.4, 0.5) is 0 Å². The molecule has 1 aromatic heterocycles. The Labute approximate surface area is 152 Å². The van der Waals surface area contributed by atoms with Crippen molar-refractivity contribution in [2.45, 2.75) is 31.3 Å². The van der Waals surface area contributed by atoms with Crippen molar-refractivity contribution in [1.29, 1.82) is 0 Å². The van der Waals surface area contributed by atoms with Crippen molar-refractivity contribution >= 4 is 22.7 Å². The number of carbonyl (C=O) groups is 2. The highest BCUT2D eigenvalue weighted by atomic mass is 16.2. The molecule has 138 valence electrons. The summed E-state index contributed by atoms with van der Waals surface area (Å²) in [6.45, 7) is 3.10. The van der Waals surface area contributed by atoms with Gasteiger partial charge in [-0.05, 0) is 32.4 Å². The summed E-state index contributed by atoms with van der Waals surface area (Å²) in [4.78, 5) is 29.3. The first-order valence-electron chi connectivity index (χ1n) is 9.28. The van der Waals surface area contributed by atoms with Crippen LogP contribution in [-0.2, 0) is 16.1 Å². The zero-order chi connectivity index (χ0) is 18.1. The van der Waals surface area contributed by atoms with Crippen LogP contribution in [0, 0.1) is 0 Å². The lowest BCUT2D eigenvalue weighted by molar-refractivity contribution is -0.141. The molecule has 2 aliphatic heterocycles. The molecule has 1 spiro atoms. The van der Waals surface area contributed by atoms with Crippen molar-refractivity contribution in [2.24, 2.45) is 0 Å². The minimum absolute atomic E-state index is 0.0596. The van der Waals surface area contributed by atoms with Crippen LogP contribution in [0.25, 0.3) is 10.9 Å². The molecule has 2 fully saturated rings. The maximum Gasteiger partial charge on any atom is 0.244 e. The lowest BCUT2D eigenvalue weighted by atomic mass is 9.85. The van der Waals surface area contributed by atoms with Crippen molar-refractivity contribution in [3.05, 3.63) is 30.5 Å². The maximum absolute atomic E-state index is 12.7. The van der Waals surface area contributed by atoms with Crippen LogP contribution in [0.3, 0.4) is 0 Å². The molecule has 0 unspecified atom stereocenters. The van der Waals surface area contributed by atoms with Gasteiger partial charge in [0.15, 0.2) is 0 Å². The highest BCUT2D eigenvalue weighted by molar-refractivity contribution is 5.87. The first-order valence-corrected chi connectivity index (χ1v) is 9.28. The summed E-state index contributed by atoms with van der Waals surface area (Å²) in [6, 6.07) is 7.85. The molecule has 4 rings (SSSR count). The largest absolute Gasteiger partial charge is 0.354 e. The predicted molar refractivity (Wildman–Crippen MR) is 98.5 cm³/mol. The van der Waals surface area contributed by atoms with Crippen molar-refractivity contribution in [3.8, 4) is 0 Å². The van der Waals surface area contributed by atoms with Crippen molar-refractivity contribution in [3.63, 3.8) is 0 Å². The molecule has 2 aliphatic rings. The summed E-state index contributed by atoms with van der Waals surface area (Å²) in [5.41, 5.74) is 0.433. The zero-order valence-electron chi connectivity index (χ0n) is 15.1. The summed E-state index contributed by atoms with van der Waals surface area (Å²) >= 11 is 0. The van der Waals surface area contributed by atoms with Crippen LogP contribution in [-0.4, -0.2) is 70.2 Å². The fourth-order valence-corrected chi connectivity index (χ4v) is 4.14. The van der Waals surface area contributed by atoms with E-state index in [0.29, 0.717) is 25.9 Å². The summed E-state index contributed by atoms with van der Waals surface area (Å²) in [5.74, 6) is 0.173. The van der Waals surface area contributed by atoms with E-state index in [2.05, 4.69) is 15.3 Å². The van der Waals surface area contributed by atoms with Gasteiger partial charge in [0.25, 0.3) is 0 Å². The van der Waals surface area contributed by atoms with Gasteiger partial charge < -0.3 is 10.2 Å².